The summed E-state index contributed by atoms with van der Waals surface area (Å²) in [5.74, 6) is 0.951. The van der Waals surface area contributed by atoms with Crippen molar-refractivity contribution in [1.29, 1.82) is 0 Å². The van der Waals surface area contributed by atoms with Gasteiger partial charge < -0.3 is 5.32 Å². The molecule has 0 radical (unpaired) electrons. The number of H-pyrrole nitrogens is 1. The minimum Gasteiger partial charge on any atom is -0.349 e. The second kappa shape index (κ2) is 4.88. The van der Waals surface area contributed by atoms with Gasteiger partial charge in [0.1, 0.15) is 0 Å². The van der Waals surface area contributed by atoms with Crippen molar-refractivity contribution >= 4 is 5.91 Å². The largest absolute Gasteiger partial charge is 0.349 e. The molecule has 0 aliphatic heterocycles. The molecule has 0 bridgehead atoms. The molecule has 96 valence electrons. The number of aromatic amines is 1. The molecule has 0 spiro atoms. The zero-order valence-corrected chi connectivity index (χ0v) is 10.2. The molecular formula is C12H17N5O. The third kappa shape index (κ3) is 2.27. The number of aromatic nitrogens is 4. The van der Waals surface area contributed by atoms with Crippen molar-refractivity contribution in [2.75, 3.05) is 0 Å². The van der Waals surface area contributed by atoms with E-state index in [1.165, 1.54) is 12.0 Å². The van der Waals surface area contributed by atoms with Crippen molar-refractivity contribution < 1.29 is 4.79 Å². The first kappa shape index (κ1) is 11.4. The summed E-state index contributed by atoms with van der Waals surface area (Å²) in [6.07, 6.45) is 8.23. The van der Waals surface area contributed by atoms with Gasteiger partial charge in [-0.25, -0.2) is 0 Å². The van der Waals surface area contributed by atoms with Gasteiger partial charge in [-0.2, -0.15) is 5.21 Å². The van der Waals surface area contributed by atoms with Crippen LogP contribution in [0.4, 0.5) is 0 Å². The van der Waals surface area contributed by atoms with Gasteiger partial charge in [0.05, 0.1) is 0 Å². The molecule has 3 rings (SSSR count). The minimum atomic E-state index is 0.0325. The highest BCUT2D eigenvalue weighted by Crippen LogP contribution is 2.32. The number of allylic oxidation sites excluding steroid dienone is 1. The fourth-order valence-electron chi connectivity index (χ4n) is 2.70. The van der Waals surface area contributed by atoms with Crippen molar-refractivity contribution in [3.63, 3.8) is 0 Å². The third-order valence-electron chi connectivity index (χ3n) is 3.87. The Bertz CT molecular complexity index is 447. The van der Waals surface area contributed by atoms with Gasteiger partial charge in [0, 0.05) is 18.0 Å². The number of hydrogen-bond donors (Lipinski definition) is 2. The van der Waals surface area contributed by atoms with E-state index in [0.29, 0.717) is 5.82 Å². The Morgan fingerprint density at radius 2 is 2.22 bits per heavy atom. The van der Waals surface area contributed by atoms with E-state index in [4.69, 9.17) is 0 Å². The van der Waals surface area contributed by atoms with E-state index in [9.17, 15) is 4.79 Å². The number of hydrogen-bond acceptors (Lipinski definition) is 4. The Hall–Kier alpha value is -1.72. The molecular weight excluding hydrogens is 230 g/mol. The van der Waals surface area contributed by atoms with Crippen molar-refractivity contribution in [2.24, 2.45) is 0 Å². The average Bonchev–Trinajstić information content (AvgIpc) is 2.92. The topological polar surface area (TPSA) is 83.6 Å². The van der Waals surface area contributed by atoms with Crippen LogP contribution in [0.5, 0.6) is 0 Å². The number of carbonyl (C=O) groups is 1. The molecule has 6 nitrogen and oxygen atoms in total. The van der Waals surface area contributed by atoms with E-state index in [1.807, 2.05) is 0 Å². The predicted octanol–water partition coefficient (Wildman–Crippen LogP) is 1.06. The Morgan fingerprint density at radius 1 is 1.33 bits per heavy atom. The lowest BCUT2D eigenvalue weighted by atomic mass is 9.92. The summed E-state index contributed by atoms with van der Waals surface area (Å²) in [5, 5.41) is 17.2. The molecule has 1 amide bonds. The molecule has 18 heavy (non-hydrogen) atoms. The van der Waals surface area contributed by atoms with Crippen molar-refractivity contribution in [2.45, 2.75) is 50.5 Å². The quantitative estimate of drug-likeness (QED) is 0.782. The summed E-state index contributed by atoms with van der Waals surface area (Å²) in [6, 6.07) is 0.145. The van der Waals surface area contributed by atoms with E-state index < -0.39 is 0 Å². The van der Waals surface area contributed by atoms with Gasteiger partial charge in [-0.15, -0.1) is 10.2 Å². The Balaban J connectivity index is 1.63. The van der Waals surface area contributed by atoms with Crippen LogP contribution in [0.1, 0.15) is 50.3 Å². The Labute approximate surface area is 105 Å². The number of rotatable bonds is 3. The molecule has 2 aliphatic carbocycles. The average molecular weight is 247 g/mol. The lowest BCUT2D eigenvalue weighted by Gasteiger charge is -2.19. The number of tetrazole rings is 1. The molecule has 6 heteroatoms. The predicted molar refractivity (Wildman–Crippen MR) is 64.6 cm³/mol. The summed E-state index contributed by atoms with van der Waals surface area (Å²) in [7, 11) is 0. The van der Waals surface area contributed by atoms with Crippen molar-refractivity contribution in [3.05, 3.63) is 17.5 Å². The first-order valence-electron chi connectivity index (χ1n) is 6.56. The standard InChI is InChI=1S/C12H17N5O/c18-11(7-8-3-1-4-8)13-10-6-2-5-9(10)12-14-16-17-15-12/h7,9-10H,1-6H2,(H,13,18)(H,14,15,16,17). The maximum absolute atomic E-state index is 11.9. The van der Waals surface area contributed by atoms with Crippen LogP contribution in [-0.2, 0) is 4.79 Å². The van der Waals surface area contributed by atoms with Gasteiger partial charge in [0.2, 0.25) is 5.91 Å². The molecule has 1 aromatic rings. The monoisotopic (exact) mass is 247 g/mol. The molecule has 0 aromatic carbocycles. The summed E-state index contributed by atoms with van der Waals surface area (Å²) < 4.78 is 0. The number of nitrogens with one attached hydrogen (secondary N) is 2. The van der Waals surface area contributed by atoms with Gasteiger partial charge in [0.15, 0.2) is 5.82 Å². The molecule has 1 aromatic heterocycles. The molecule has 2 unspecified atom stereocenters. The van der Waals surface area contributed by atoms with E-state index in [-0.39, 0.29) is 17.9 Å². The zero-order chi connectivity index (χ0) is 12.4. The lowest BCUT2D eigenvalue weighted by Crippen LogP contribution is -2.36. The van der Waals surface area contributed by atoms with Crippen molar-refractivity contribution in [1.82, 2.24) is 25.9 Å². The minimum absolute atomic E-state index is 0.0325. The van der Waals surface area contributed by atoms with E-state index in [0.717, 1.165) is 32.1 Å². The van der Waals surface area contributed by atoms with Crippen molar-refractivity contribution in [3.8, 4) is 0 Å². The van der Waals surface area contributed by atoms with Gasteiger partial charge in [-0.3, -0.25) is 4.79 Å². The van der Waals surface area contributed by atoms with E-state index >= 15 is 0 Å². The highest BCUT2D eigenvalue weighted by Gasteiger charge is 2.32. The molecule has 2 fully saturated rings. The highest BCUT2D eigenvalue weighted by atomic mass is 16.1. The molecule has 1 heterocycles. The van der Waals surface area contributed by atoms with Crippen LogP contribution in [0, 0.1) is 0 Å². The van der Waals surface area contributed by atoms with Crippen LogP contribution < -0.4 is 5.32 Å². The molecule has 2 atom stereocenters. The van der Waals surface area contributed by atoms with E-state index in [1.54, 1.807) is 6.08 Å². The summed E-state index contributed by atoms with van der Waals surface area (Å²) >= 11 is 0. The van der Waals surface area contributed by atoms with E-state index in [2.05, 4.69) is 25.9 Å². The fraction of sp³-hybridized carbons (Fsp3) is 0.667. The fourth-order valence-corrected chi connectivity index (χ4v) is 2.70. The maximum atomic E-state index is 11.9. The first-order chi connectivity index (χ1) is 8.83. The van der Waals surface area contributed by atoms with Gasteiger partial charge >= 0.3 is 0 Å². The number of amides is 1. The summed E-state index contributed by atoms with van der Waals surface area (Å²) in [5.41, 5.74) is 1.27. The summed E-state index contributed by atoms with van der Waals surface area (Å²) in [6.45, 7) is 0. The Kier molecular flexibility index (Phi) is 3.08. The first-order valence-corrected chi connectivity index (χ1v) is 6.56. The van der Waals surface area contributed by atoms with Crippen LogP contribution in [0.2, 0.25) is 0 Å². The molecule has 2 saturated carbocycles. The summed E-state index contributed by atoms with van der Waals surface area (Å²) in [4.78, 5) is 11.9. The third-order valence-corrected chi connectivity index (χ3v) is 3.87. The number of nitrogens with zero attached hydrogens (tertiary/aromatic N) is 3. The smallest absolute Gasteiger partial charge is 0.244 e. The highest BCUT2D eigenvalue weighted by molar-refractivity contribution is 5.88. The van der Waals surface area contributed by atoms with Gasteiger partial charge in [-0.05, 0) is 32.1 Å². The lowest BCUT2D eigenvalue weighted by molar-refractivity contribution is -0.117. The molecule has 2 aliphatic rings. The van der Waals surface area contributed by atoms with Crippen LogP contribution in [-0.4, -0.2) is 32.6 Å². The Morgan fingerprint density at radius 3 is 2.89 bits per heavy atom. The number of carbonyl (C=O) groups excluding carboxylic acids is 1. The molecule has 0 saturated heterocycles. The van der Waals surface area contributed by atoms with Crippen LogP contribution >= 0.6 is 0 Å². The van der Waals surface area contributed by atoms with Crippen LogP contribution in [0.25, 0.3) is 0 Å². The molecule has 2 N–H and O–H groups in total. The van der Waals surface area contributed by atoms with Gasteiger partial charge in [0.25, 0.3) is 0 Å². The normalized spacial score (nSPS) is 26.8. The zero-order valence-electron chi connectivity index (χ0n) is 10.2. The SMILES string of the molecule is O=C(C=C1CCC1)NC1CCCC1c1nn[nH]n1. The second-order valence-electron chi connectivity index (χ2n) is 5.08. The van der Waals surface area contributed by atoms with Crippen LogP contribution in [0.3, 0.4) is 0 Å². The second-order valence-corrected chi connectivity index (χ2v) is 5.08. The maximum Gasteiger partial charge on any atom is 0.244 e. The van der Waals surface area contributed by atoms with Crippen LogP contribution in [0.15, 0.2) is 11.6 Å². The van der Waals surface area contributed by atoms with Gasteiger partial charge in [-0.1, -0.05) is 17.2 Å².